The average Bonchev–Trinajstić information content (AvgIpc) is 1.90. The van der Waals surface area contributed by atoms with Crippen LogP contribution in [-0.2, 0) is 0 Å². The third-order valence-electron chi connectivity index (χ3n) is 1.23. The van der Waals surface area contributed by atoms with Crippen LogP contribution in [0.3, 0.4) is 0 Å². The Kier molecular flexibility index (Phi) is 1.83. The van der Waals surface area contributed by atoms with Crippen molar-refractivity contribution in [3.05, 3.63) is 36.0 Å². The Morgan fingerprint density at radius 2 is 2.22 bits per heavy atom. The molecule has 0 bridgehead atoms. The van der Waals surface area contributed by atoms with Crippen LogP contribution in [0.5, 0.6) is 0 Å². The Hall–Kier alpha value is -0.850. The highest BCUT2D eigenvalue weighted by Gasteiger charge is 1.86. The van der Waals surface area contributed by atoms with Crippen LogP contribution in [0.25, 0.3) is 0 Å². The maximum atomic E-state index is 4.14. The van der Waals surface area contributed by atoms with Gasteiger partial charge in [0.05, 0.1) is 0 Å². The number of aryl methyl sites for hydroxylation is 1. The first-order valence-electron chi connectivity index (χ1n) is 3.05. The highest BCUT2D eigenvalue weighted by Crippen LogP contribution is 1.99. The molecule has 0 aliphatic rings. The number of aromatic nitrogens is 1. The summed E-state index contributed by atoms with van der Waals surface area (Å²) in [5.41, 5.74) is 2.25. The SMILES string of the molecule is C[CH]c1ccc(C)cn1. The van der Waals surface area contributed by atoms with E-state index in [1.54, 1.807) is 0 Å². The van der Waals surface area contributed by atoms with Crippen LogP contribution >= 0.6 is 0 Å². The molecule has 0 spiro atoms. The van der Waals surface area contributed by atoms with Gasteiger partial charge in [0.25, 0.3) is 0 Å². The van der Waals surface area contributed by atoms with Gasteiger partial charge in [-0.15, -0.1) is 0 Å². The molecule has 1 nitrogen and oxygen atoms in total. The molecule has 1 heterocycles. The summed E-state index contributed by atoms with van der Waals surface area (Å²) < 4.78 is 0. The second-order valence-corrected chi connectivity index (χ2v) is 2.05. The molecule has 0 unspecified atom stereocenters. The summed E-state index contributed by atoms with van der Waals surface area (Å²) in [6.07, 6.45) is 3.86. The molecule has 0 N–H and O–H groups in total. The first-order valence-corrected chi connectivity index (χ1v) is 3.05. The van der Waals surface area contributed by atoms with Crippen molar-refractivity contribution in [2.45, 2.75) is 13.8 Å². The van der Waals surface area contributed by atoms with Gasteiger partial charge in [-0.25, -0.2) is 0 Å². The minimum absolute atomic E-state index is 1.04. The zero-order valence-electron chi connectivity index (χ0n) is 5.76. The molecule has 1 aromatic heterocycles. The van der Waals surface area contributed by atoms with Crippen LogP contribution in [0.1, 0.15) is 18.2 Å². The van der Waals surface area contributed by atoms with Gasteiger partial charge in [-0.05, 0) is 18.6 Å². The second-order valence-electron chi connectivity index (χ2n) is 2.05. The Balaban J connectivity index is 2.88. The van der Waals surface area contributed by atoms with Crippen LogP contribution in [0.2, 0.25) is 0 Å². The predicted molar refractivity (Wildman–Crippen MR) is 38.1 cm³/mol. The van der Waals surface area contributed by atoms with E-state index >= 15 is 0 Å². The van der Waals surface area contributed by atoms with Crippen LogP contribution in [-0.4, -0.2) is 4.98 Å². The quantitative estimate of drug-likeness (QED) is 0.552. The number of hydrogen-bond donors (Lipinski definition) is 0. The van der Waals surface area contributed by atoms with E-state index in [9.17, 15) is 0 Å². The van der Waals surface area contributed by atoms with E-state index in [-0.39, 0.29) is 0 Å². The second kappa shape index (κ2) is 2.62. The molecule has 1 heteroatoms. The normalized spacial score (nSPS) is 9.56. The Labute approximate surface area is 55.7 Å². The summed E-state index contributed by atoms with van der Waals surface area (Å²) in [6, 6.07) is 4.07. The van der Waals surface area contributed by atoms with Gasteiger partial charge in [0.1, 0.15) is 0 Å². The van der Waals surface area contributed by atoms with Crippen LogP contribution in [0.4, 0.5) is 0 Å². The highest BCUT2D eigenvalue weighted by atomic mass is 14.7. The van der Waals surface area contributed by atoms with Gasteiger partial charge in [0, 0.05) is 18.3 Å². The molecular formula is C8H10N. The molecule has 0 fully saturated rings. The van der Waals surface area contributed by atoms with Crippen molar-refractivity contribution in [3.63, 3.8) is 0 Å². The molecule has 0 aliphatic heterocycles. The fourth-order valence-electron chi connectivity index (χ4n) is 0.650. The van der Waals surface area contributed by atoms with Gasteiger partial charge in [0.15, 0.2) is 0 Å². The van der Waals surface area contributed by atoms with Gasteiger partial charge >= 0.3 is 0 Å². The monoisotopic (exact) mass is 120 g/mol. The van der Waals surface area contributed by atoms with E-state index in [4.69, 9.17) is 0 Å². The van der Waals surface area contributed by atoms with E-state index in [0.717, 1.165) is 5.69 Å². The molecule has 0 saturated carbocycles. The minimum Gasteiger partial charge on any atom is -0.261 e. The number of hydrogen-bond acceptors (Lipinski definition) is 1. The van der Waals surface area contributed by atoms with E-state index in [1.165, 1.54) is 5.56 Å². The fourth-order valence-corrected chi connectivity index (χ4v) is 0.650. The number of pyridine rings is 1. The lowest BCUT2D eigenvalue weighted by molar-refractivity contribution is 1.17. The van der Waals surface area contributed by atoms with Gasteiger partial charge in [0.2, 0.25) is 0 Å². The van der Waals surface area contributed by atoms with E-state index in [2.05, 4.69) is 11.1 Å². The number of rotatable bonds is 1. The standard InChI is InChI=1S/C8H10N/c1-3-8-5-4-7(2)6-9-8/h3-6H,1-2H3. The summed E-state index contributed by atoms with van der Waals surface area (Å²) in [6.45, 7) is 4.02. The van der Waals surface area contributed by atoms with E-state index in [1.807, 2.05) is 32.5 Å². The first kappa shape index (κ1) is 6.27. The molecule has 0 saturated heterocycles. The molecule has 1 aromatic rings. The van der Waals surface area contributed by atoms with Crippen molar-refractivity contribution in [2.24, 2.45) is 0 Å². The van der Waals surface area contributed by atoms with Crippen molar-refractivity contribution < 1.29 is 0 Å². The molecule has 1 rings (SSSR count). The summed E-state index contributed by atoms with van der Waals surface area (Å²) >= 11 is 0. The summed E-state index contributed by atoms with van der Waals surface area (Å²) in [4.78, 5) is 4.14. The summed E-state index contributed by atoms with van der Waals surface area (Å²) in [5, 5.41) is 0. The maximum Gasteiger partial charge on any atom is 0.0438 e. The van der Waals surface area contributed by atoms with E-state index < -0.39 is 0 Å². The lowest BCUT2D eigenvalue weighted by Gasteiger charge is -1.93. The molecule has 9 heavy (non-hydrogen) atoms. The van der Waals surface area contributed by atoms with Gasteiger partial charge in [-0.3, -0.25) is 4.98 Å². The largest absolute Gasteiger partial charge is 0.261 e. The number of nitrogens with zero attached hydrogens (tertiary/aromatic N) is 1. The molecule has 0 atom stereocenters. The average molecular weight is 120 g/mol. The maximum absolute atomic E-state index is 4.14. The lowest BCUT2D eigenvalue weighted by Crippen LogP contribution is -1.82. The van der Waals surface area contributed by atoms with Gasteiger partial charge in [-0.2, -0.15) is 0 Å². The predicted octanol–water partition coefficient (Wildman–Crippen LogP) is 1.96. The summed E-state index contributed by atoms with van der Waals surface area (Å²) in [5.74, 6) is 0. The van der Waals surface area contributed by atoms with Crippen molar-refractivity contribution in [2.75, 3.05) is 0 Å². The Bertz CT molecular complexity index is 176. The molecule has 0 aromatic carbocycles. The van der Waals surface area contributed by atoms with Crippen molar-refractivity contribution in [1.82, 2.24) is 4.98 Å². The zero-order chi connectivity index (χ0) is 6.69. The topological polar surface area (TPSA) is 12.9 Å². The van der Waals surface area contributed by atoms with Crippen molar-refractivity contribution >= 4 is 0 Å². The molecule has 0 amide bonds. The highest BCUT2D eigenvalue weighted by molar-refractivity contribution is 5.16. The zero-order valence-corrected chi connectivity index (χ0v) is 5.76. The molecular weight excluding hydrogens is 110 g/mol. The summed E-state index contributed by atoms with van der Waals surface area (Å²) in [7, 11) is 0. The van der Waals surface area contributed by atoms with Crippen LogP contribution < -0.4 is 0 Å². The van der Waals surface area contributed by atoms with Gasteiger partial charge in [-0.1, -0.05) is 13.0 Å². The van der Waals surface area contributed by atoms with Crippen LogP contribution in [0.15, 0.2) is 18.3 Å². The Morgan fingerprint density at radius 3 is 2.67 bits per heavy atom. The van der Waals surface area contributed by atoms with Crippen molar-refractivity contribution in [1.29, 1.82) is 0 Å². The third-order valence-corrected chi connectivity index (χ3v) is 1.23. The Morgan fingerprint density at radius 1 is 1.44 bits per heavy atom. The van der Waals surface area contributed by atoms with Gasteiger partial charge < -0.3 is 0 Å². The molecule has 1 radical (unpaired) electrons. The van der Waals surface area contributed by atoms with E-state index in [0.29, 0.717) is 0 Å². The minimum atomic E-state index is 1.04. The fraction of sp³-hybridized carbons (Fsp3) is 0.250. The van der Waals surface area contributed by atoms with Crippen LogP contribution in [0, 0.1) is 13.3 Å². The smallest absolute Gasteiger partial charge is 0.0438 e. The van der Waals surface area contributed by atoms with Crippen molar-refractivity contribution in [3.8, 4) is 0 Å². The molecule has 0 aliphatic carbocycles. The first-order chi connectivity index (χ1) is 4.33. The third kappa shape index (κ3) is 1.53. The lowest BCUT2D eigenvalue weighted by atomic mass is 10.2. The molecule has 47 valence electrons.